The number of rotatable bonds is 4. The molecule has 0 spiro atoms. The second-order valence-corrected chi connectivity index (χ2v) is 7.88. The van der Waals surface area contributed by atoms with Crippen molar-refractivity contribution in [3.63, 3.8) is 0 Å². The lowest BCUT2D eigenvalue weighted by Crippen LogP contribution is -2.14. The molecule has 5 aromatic rings. The Kier molecular flexibility index (Phi) is 6.15. The largest absolute Gasteiger partial charge is 0.452 e. The maximum absolute atomic E-state index is 12.8. The van der Waals surface area contributed by atoms with Crippen molar-refractivity contribution in [2.45, 2.75) is 0 Å². The molecule has 8 heteroatoms. The van der Waals surface area contributed by atoms with Gasteiger partial charge in [0.1, 0.15) is 11.6 Å². The van der Waals surface area contributed by atoms with Crippen molar-refractivity contribution < 1.29 is 19.1 Å². The highest BCUT2D eigenvalue weighted by atomic mass is 16.5. The van der Waals surface area contributed by atoms with Crippen molar-refractivity contribution >= 4 is 12.2 Å². The zero-order valence-electron chi connectivity index (χ0n) is 19.7. The molecule has 5 rings (SSSR count). The van der Waals surface area contributed by atoms with Gasteiger partial charge in [-0.05, 0) is 6.07 Å². The molecule has 2 heterocycles. The van der Waals surface area contributed by atoms with Crippen molar-refractivity contribution in [1.82, 2.24) is 19.1 Å². The number of hydrogen-bond acceptors (Lipinski definition) is 6. The topological polar surface area (TPSA) is 88.2 Å². The van der Waals surface area contributed by atoms with Crippen LogP contribution in [-0.4, -0.2) is 45.5 Å². The van der Waals surface area contributed by atoms with E-state index in [1.807, 2.05) is 84.9 Å². The van der Waals surface area contributed by atoms with Gasteiger partial charge in [0.05, 0.1) is 31.8 Å². The van der Waals surface area contributed by atoms with Crippen molar-refractivity contribution in [3.8, 4) is 45.3 Å². The van der Waals surface area contributed by atoms with E-state index in [2.05, 4.69) is 4.98 Å². The lowest BCUT2D eigenvalue weighted by Gasteiger charge is -2.10. The van der Waals surface area contributed by atoms with Gasteiger partial charge in [0.2, 0.25) is 0 Å². The maximum Gasteiger partial charge on any atom is 0.419 e. The van der Waals surface area contributed by atoms with Crippen LogP contribution in [0.5, 0.6) is 0 Å². The van der Waals surface area contributed by atoms with Crippen molar-refractivity contribution in [2.75, 3.05) is 14.2 Å². The summed E-state index contributed by atoms with van der Waals surface area (Å²) < 4.78 is 12.8. The van der Waals surface area contributed by atoms with E-state index in [-0.39, 0.29) is 0 Å². The van der Waals surface area contributed by atoms with Gasteiger partial charge in [0, 0.05) is 28.5 Å². The lowest BCUT2D eigenvalue weighted by atomic mass is 10.1. The molecular weight excluding hydrogens is 456 g/mol. The van der Waals surface area contributed by atoms with E-state index in [0.29, 0.717) is 23.0 Å². The number of ether oxygens (including phenoxy) is 2. The molecule has 0 amide bonds. The Bertz CT molecular complexity index is 1540. The van der Waals surface area contributed by atoms with Crippen LogP contribution in [0.4, 0.5) is 9.59 Å². The highest BCUT2D eigenvalue weighted by Gasteiger charge is 2.21. The molecule has 0 bridgehead atoms. The maximum atomic E-state index is 12.8. The Hall–Kier alpha value is -4.98. The number of hydrogen-bond donors (Lipinski definition) is 0. The highest BCUT2D eigenvalue weighted by Crippen LogP contribution is 2.31. The van der Waals surface area contributed by atoms with Gasteiger partial charge >= 0.3 is 12.2 Å². The molecule has 0 aliphatic carbocycles. The molecular formula is C28H22N4O4. The predicted octanol–water partition coefficient (Wildman–Crippen LogP) is 5.98. The van der Waals surface area contributed by atoms with Crippen molar-refractivity contribution in [2.24, 2.45) is 0 Å². The fourth-order valence-electron chi connectivity index (χ4n) is 4.01. The fourth-order valence-corrected chi connectivity index (χ4v) is 4.01. The average Bonchev–Trinajstić information content (AvgIpc) is 3.59. The smallest absolute Gasteiger partial charge is 0.419 e. The van der Waals surface area contributed by atoms with Gasteiger partial charge in [0.15, 0.2) is 0 Å². The van der Waals surface area contributed by atoms with Crippen LogP contribution in [0, 0.1) is 0 Å². The SMILES string of the molecule is COC(=O)n1cc(-c2cccc(-c3cnc(-c4ccccc4)n3C(=O)OC)c2)nc1-c1ccccc1. The first-order chi connectivity index (χ1) is 17.6. The molecule has 0 saturated carbocycles. The normalized spacial score (nSPS) is 10.7. The minimum atomic E-state index is -0.548. The van der Waals surface area contributed by atoms with E-state index in [1.165, 1.54) is 23.4 Å². The molecule has 0 saturated heterocycles. The standard InChI is InChI=1S/C28H22N4O4/c1-35-27(33)31-18-23(30-26(31)20-12-7-4-8-13-20)21-14-9-15-22(16-21)24-17-29-25(32(24)28(34)36-2)19-10-5-3-6-11-19/h3-18H,1-2H3. The molecule has 0 aliphatic rings. The first kappa shape index (κ1) is 22.8. The summed E-state index contributed by atoms with van der Waals surface area (Å²) in [6, 6.07) is 26.4. The monoisotopic (exact) mass is 478 g/mol. The average molecular weight is 479 g/mol. The molecule has 8 nitrogen and oxygen atoms in total. The zero-order chi connectivity index (χ0) is 25.1. The number of carbonyl (C=O) groups is 2. The minimum Gasteiger partial charge on any atom is -0.452 e. The van der Waals surface area contributed by atoms with Gasteiger partial charge in [-0.1, -0.05) is 78.9 Å². The van der Waals surface area contributed by atoms with Gasteiger partial charge in [0.25, 0.3) is 0 Å². The van der Waals surface area contributed by atoms with Gasteiger partial charge < -0.3 is 9.47 Å². The van der Waals surface area contributed by atoms with E-state index in [9.17, 15) is 9.59 Å². The van der Waals surface area contributed by atoms with Gasteiger partial charge in [-0.2, -0.15) is 0 Å². The van der Waals surface area contributed by atoms with Crippen LogP contribution in [0.3, 0.4) is 0 Å². The minimum absolute atomic E-state index is 0.466. The Morgan fingerprint density at radius 2 is 1.28 bits per heavy atom. The molecule has 0 fully saturated rings. The third-order valence-corrected chi connectivity index (χ3v) is 5.71. The van der Waals surface area contributed by atoms with Crippen molar-refractivity contribution in [1.29, 1.82) is 0 Å². The second-order valence-electron chi connectivity index (χ2n) is 7.88. The number of carbonyl (C=O) groups excluding carboxylic acids is 2. The first-order valence-corrected chi connectivity index (χ1v) is 11.2. The molecule has 0 N–H and O–H groups in total. The summed E-state index contributed by atoms with van der Waals surface area (Å²) in [5.41, 5.74) is 4.20. The van der Waals surface area contributed by atoms with E-state index < -0.39 is 12.2 Å². The first-order valence-electron chi connectivity index (χ1n) is 11.2. The third-order valence-electron chi connectivity index (χ3n) is 5.71. The molecule has 0 atom stereocenters. The van der Waals surface area contributed by atoms with E-state index in [4.69, 9.17) is 14.5 Å². The van der Waals surface area contributed by atoms with E-state index in [0.717, 1.165) is 22.3 Å². The molecule has 2 aromatic heterocycles. The summed E-state index contributed by atoms with van der Waals surface area (Å²) in [6.07, 6.45) is 2.19. The number of benzene rings is 3. The summed E-state index contributed by atoms with van der Waals surface area (Å²) in [6.45, 7) is 0. The predicted molar refractivity (Wildman–Crippen MR) is 135 cm³/mol. The molecule has 36 heavy (non-hydrogen) atoms. The Balaban J connectivity index is 1.62. The molecule has 178 valence electrons. The third kappa shape index (κ3) is 4.16. The number of aromatic nitrogens is 4. The van der Waals surface area contributed by atoms with Crippen LogP contribution in [0.1, 0.15) is 0 Å². The zero-order valence-corrected chi connectivity index (χ0v) is 19.7. The summed E-state index contributed by atoms with van der Waals surface area (Å²) in [5, 5.41) is 0. The van der Waals surface area contributed by atoms with Crippen LogP contribution < -0.4 is 0 Å². The van der Waals surface area contributed by atoms with Crippen LogP contribution in [0.15, 0.2) is 97.3 Å². The molecule has 0 unspecified atom stereocenters. The number of nitrogens with zero attached hydrogens (tertiary/aromatic N) is 4. The summed E-state index contributed by atoms with van der Waals surface area (Å²) in [4.78, 5) is 34.5. The summed E-state index contributed by atoms with van der Waals surface area (Å²) in [5.74, 6) is 0.943. The van der Waals surface area contributed by atoms with E-state index >= 15 is 0 Å². The molecule has 0 aliphatic heterocycles. The second kappa shape index (κ2) is 9.71. The van der Waals surface area contributed by atoms with Crippen molar-refractivity contribution in [3.05, 3.63) is 97.3 Å². The quantitative estimate of drug-likeness (QED) is 0.316. The van der Waals surface area contributed by atoms with Gasteiger partial charge in [-0.3, -0.25) is 0 Å². The number of methoxy groups -OCH3 is 2. The molecule has 3 aromatic carbocycles. The van der Waals surface area contributed by atoms with Gasteiger partial charge in [-0.15, -0.1) is 0 Å². The highest BCUT2D eigenvalue weighted by molar-refractivity contribution is 5.85. The summed E-state index contributed by atoms with van der Waals surface area (Å²) >= 11 is 0. The van der Waals surface area contributed by atoms with Crippen LogP contribution in [-0.2, 0) is 9.47 Å². The summed E-state index contributed by atoms with van der Waals surface area (Å²) in [7, 11) is 2.66. The fraction of sp³-hybridized carbons (Fsp3) is 0.0714. The Morgan fingerprint density at radius 1 is 0.694 bits per heavy atom. The van der Waals surface area contributed by atoms with Crippen LogP contribution in [0.25, 0.3) is 45.3 Å². The lowest BCUT2D eigenvalue weighted by molar-refractivity contribution is 0.172. The Morgan fingerprint density at radius 3 is 1.92 bits per heavy atom. The number of imidazole rings is 2. The Labute approximate surface area is 207 Å². The van der Waals surface area contributed by atoms with E-state index in [1.54, 1.807) is 12.4 Å². The molecule has 0 radical (unpaired) electrons. The van der Waals surface area contributed by atoms with Crippen LogP contribution in [0.2, 0.25) is 0 Å². The van der Waals surface area contributed by atoms with Gasteiger partial charge in [-0.25, -0.2) is 28.7 Å². The van der Waals surface area contributed by atoms with Crippen LogP contribution >= 0.6 is 0 Å².